The van der Waals surface area contributed by atoms with Crippen molar-refractivity contribution in [3.05, 3.63) is 47.6 Å². The van der Waals surface area contributed by atoms with Gasteiger partial charge in [0, 0.05) is 18.8 Å². The van der Waals surface area contributed by atoms with Crippen LogP contribution in [0.1, 0.15) is 23.3 Å². The lowest BCUT2D eigenvalue weighted by Crippen LogP contribution is -2.44. The Hall–Kier alpha value is -2.74. The monoisotopic (exact) mass is 355 g/mol. The fourth-order valence-electron chi connectivity index (χ4n) is 2.89. The molecule has 1 N–H and O–H groups in total. The Labute approximate surface area is 148 Å². The van der Waals surface area contributed by atoms with Crippen LogP contribution in [0.25, 0.3) is 10.6 Å². The molecule has 0 aromatic carbocycles. The van der Waals surface area contributed by atoms with Crippen LogP contribution in [0, 0.1) is 0 Å². The third-order valence-electron chi connectivity index (χ3n) is 4.08. The van der Waals surface area contributed by atoms with E-state index in [4.69, 9.17) is 4.74 Å². The van der Waals surface area contributed by atoms with Gasteiger partial charge in [0.05, 0.1) is 17.1 Å². The topological polar surface area (TPSA) is 84.0 Å². The maximum atomic E-state index is 12.7. The predicted molar refractivity (Wildman–Crippen MR) is 93.5 cm³/mol. The number of rotatable bonds is 4. The molecular formula is C17H17N5O2S. The van der Waals surface area contributed by atoms with Crippen molar-refractivity contribution >= 4 is 17.2 Å². The average Bonchev–Trinajstić information content (AvgIpc) is 3.34. The van der Waals surface area contributed by atoms with Crippen molar-refractivity contribution < 1.29 is 9.53 Å². The molecule has 1 aliphatic rings. The highest BCUT2D eigenvalue weighted by Crippen LogP contribution is 2.24. The van der Waals surface area contributed by atoms with E-state index < -0.39 is 0 Å². The number of nitrogens with zero attached hydrogens (tertiary/aromatic N) is 4. The first kappa shape index (κ1) is 15.8. The molecule has 0 aliphatic carbocycles. The quantitative estimate of drug-likeness (QED) is 0.778. The van der Waals surface area contributed by atoms with Gasteiger partial charge in [0.1, 0.15) is 6.10 Å². The van der Waals surface area contributed by atoms with Crippen LogP contribution in [-0.4, -0.2) is 50.4 Å². The molecular weight excluding hydrogens is 338 g/mol. The third kappa shape index (κ3) is 3.53. The van der Waals surface area contributed by atoms with Crippen LogP contribution in [0.15, 0.2) is 41.9 Å². The summed E-state index contributed by atoms with van der Waals surface area (Å²) in [6, 6.07) is 9.33. The maximum absolute atomic E-state index is 12.7. The highest BCUT2D eigenvalue weighted by atomic mass is 32.1. The lowest BCUT2D eigenvalue weighted by Gasteiger charge is -2.32. The van der Waals surface area contributed by atoms with Crippen molar-refractivity contribution in [2.45, 2.75) is 18.9 Å². The molecule has 1 unspecified atom stereocenters. The first-order valence-electron chi connectivity index (χ1n) is 8.12. The first-order chi connectivity index (χ1) is 12.3. The van der Waals surface area contributed by atoms with Gasteiger partial charge in [-0.3, -0.25) is 9.89 Å². The summed E-state index contributed by atoms with van der Waals surface area (Å²) in [5.74, 6) is 0.410. The van der Waals surface area contributed by atoms with E-state index >= 15 is 0 Å². The van der Waals surface area contributed by atoms with Crippen molar-refractivity contribution in [1.29, 1.82) is 0 Å². The Morgan fingerprint density at radius 2 is 2.32 bits per heavy atom. The Kier molecular flexibility index (Phi) is 4.43. The molecule has 25 heavy (non-hydrogen) atoms. The zero-order valence-electron chi connectivity index (χ0n) is 13.5. The molecule has 0 bridgehead atoms. The molecule has 7 nitrogen and oxygen atoms in total. The summed E-state index contributed by atoms with van der Waals surface area (Å²) < 4.78 is 5.84. The molecule has 0 spiro atoms. The Balaban J connectivity index is 1.43. The van der Waals surface area contributed by atoms with E-state index in [1.807, 2.05) is 17.5 Å². The highest BCUT2D eigenvalue weighted by Gasteiger charge is 2.27. The number of ether oxygens (including phenoxy) is 1. The molecule has 1 atom stereocenters. The number of thiophene rings is 1. The number of amides is 1. The lowest BCUT2D eigenvalue weighted by atomic mass is 10.1. The minimum Gasteiger partial charge on any atom is -0.471 e. The van der Waals surface area contributed by atoms with Gasteiger partial charge in [-0.1, -0.05) is 6.07 Å². The first-order valence-corrected chi connectivity index (χ1v) is 9.00. The van der Waals surface area contributed by atoms with Gasteiger partial charge in [-0.05, 0) is 36.4 Å². The molecule has 0 saturated carbocycles. The Bertz CT molecular complexity index is 834. The van der Waals surface area contributed by atoms with Crippen molar-refractivity contribution in [1.82, 2.24) is 25.3 Å². The van der Waals surface area contributed by atoms with E-state index in [-0.39, 0.29) is 12.0 Å². The van der Waals surface area contributed by atoms with Gasteiger partial charge >= 0.3 is 0 Å². The van der Waals surface area contributed by atoms with Crippen LogP contribution in [0.2, 0.25) is 0 Å². The third-order valence-corrected chi connectivity index (χ3v) is 4.99. The lowest BCUT2D eigenvalue weighted by molar-refractivity contribution is 0.0520. The molecule has 3 aromatic rings. The largest absolute Gasteiger partial charge is 0.471 e. The smallest absolute Gasteiger partial charge is 0.274 e. The van der Waals surface area contributed by atoms with E-state index in [1.165, 1.54) is 0 Å². The fraction of sp³-hybridized carbons (Fsp3) is 0.294. The maximum Gasteiger partial charge on any atom is 0.274 e. The molecule has 3 aromatic heterocycles. The summed E-state index contributed by atoms with van der Waals surface area (Å²) in [6.07, 6.45) is 3.30. The number of carbonyl (C=O) groups is 1. The molecule has 4 rings (SSSR count). The molecule has 1 amide bonds. The molecule has 1 fully saturated rings. The van der Waals surface area contributed by atoms with Gasteiger partial charge < -0.3 is 9.64 Å². The summed E-state index contributed by atoms with van der Waals surface area (Å²) in [5, 5.41) is 16.9. The summed E-state index contributed by atoms with van der Waals surface area (Å²) in [5.41, 5.74) is 1.30. The molecule has 0 radical (unpaired) electrons. The van der Waals surface area contributed by atoms with Crippen LogP contribution < -0.4 is 4.74 Å². The Morgan fingerprint density at radius 1 is 1.36 bits per heavy atom. The number of piperidine rings is 1. The number of likely N-dealkylation sites (tertiary alicyclic amines) is 1. The minimum atomic E-state index is -0.0786. The second-order valence-electron chi connectivity index (χ2n) is 5.84. The highest BCUT2D eigenvalue weighted by molar-refractivity contribution is 7.13. The number of nitrogens with one attached hydrogen (secondary N) is 1. The van der Waals surface area contributed by atoms with Crippen molar-refractivity contribution in [2.75, 3.05) is 13.1 Å². The standard InChI is InChI=1S/C17H17N5O2S/c23-17(14-10-13(19-20-14)15-5-3-9-25-15)22-8-2-4-12(11-22)24-16-6-1-7-18-21-16/h1,3,5-7,9-10,12H,2,4,8,11H2,(H,19,20). The van der Waals surface area contributed by atoms with Gasteiger partial charge in [-0.25, -0.2) is 0 Å². The zero-order chi connectivity index (χ0) is 17.1. The van der Waals surface area contributed by atoms with Gasteiger partial charge in [0.25, 0.3) is 5.91 Å². The summed E-state index contributed by atoms with van der Waals surface area (Å²) in [4.78, 5) is 15.6. The van der Waals surface area contributed by atoms with Crippen molar-refractivity contribution in [3.63, 3.8) is 0 Å². The van der Waals surface area contributed by atoms with E-state index in [9.17, 15) is 4.79 Å². The number of hydrogen-bond donors (Lipinski definition) is 1. The number of aromatic nitrogens is 4. The number of H-pyrrole nitrogens is 1. The van der Waals surface area contributed by atoms with Crippen molar-refractivity contribution in [2.24, 2.45) is 0 Å². The van der Waals surface area contributed by atoms with Gasteiger partial charge in [0.15, 0.2) is 5.69 Å². The summed E-state index contributed by atoms with van der Waals surface area (Å²) in [7, 11) is 0. The molecule has 1 saturated heterocycles. The van der Waals surface area contributed by atoms with Gasteiger partial charge in [0.2, 0.25) is 5.88 Å². The van der Waals surface area contributed by atoms with E-state index in [2.05, 4.69) is 20.4 Å². The van der Waals surface area contributed by atoms with E-state index in [0.29, 0.717) is 24.7 Å². The van der Waals surface area contributed by atoms with Gasteiger partial charge in [-0.2, -0.15) is 10.2 Å². The second kappa shape index (κ2) is 7.02. The fourth-order valence-corrected chi connectivity index (χ4v) is 3.58. The van der Waals surface area contributed by atoms with Crippen LogP contribution in [0.3, 0.4) is 0 Å². The number of hydrogen-bond acceptors (Lipinski definition) is 6. The van der Waals surface area contributed by atoms with E-state index in [1.54, 1.807) is 40.6 Å². The molecule has 8 heteroatoms. The van der Waals surface area contributed by atoms with Gasteiger partial charge in [-0.15, -0.1) is 16.4 Å². The summed E-state index contributed by atoms with van der Waals surface area (Å²) >= 11 is 1.61. The van der Waals surface area contributed by atoms with Crippen LogP contribution in [-0.2, 0) is 0 Å². The summed E-state index contributed by atoms with van der Waals surface area (Å²) in [6.45, 7) is 1.23. The number of carbonyl (C=O) groups excluding carboxylic acids is 1. The van der Waals surface area contributed by atoms with Crippen LogP contribution >= 0.6 is 11.3 Å². The van der Waals surface area contributed by atoms with Crippen LogP contribution in [0.5, 0.6) is 5.88 Å². The van der Waals surface area contributed by atoms with Crippen LogP contribution in [0.4, 0.5) is 0 Å². The van der Waals surface area contributed by atoms with E-state index in [0.717, 1.165) is 23.4 Å². The molecule has 128 valence electrons. The zero-order valence-corrected chi connectivity index (χ0v) is 14.3. The molecule has 4 heterocycles. The normalized spacial score (nSPS) is 17.4. The predicted octanol–water partition coefficient (Wildman–Crippen LogP) is 2.61. The van der Waals surface area contributed by atoms with Crippen molar-refractivity contribution in [3.8, 4) is 16.5 Å². The second-order valence-corrected chi connectivity index (χ2v) is 6.79. The minimum absolute atomic E-state index is 0.0773. The number of aromatic amines is 1. The average molecular weight is 355 g/mol. The Morgan fingerprint density at radius 3 is 3.12 bits per heavy atom. The molecule has 1 aliphatic heterocycles. The SMILES string of the molecule is O=C(c1cc(-c2cccs2)[nH]n1)N1CCCC(Oc2cccnn2)C1.